The highest BCUT2D eigenvalue weighted by atomic mass is 79.9. The quantitative estimate of drug-likeness (QED) is 0.678. The molecule has 1 rings (SSSR count). The fraction of sp³-hybridized carbons (Fsp3) is 0.600. The van der Waals surface area contributed by atoms with Crippen LogP contribution in [0.15, 0.2) is 22.7 Å². The molecule has 0 fully saturated rings. The van der Waals surface area contributed by atoms with Crippen LogP contribution in [0.25, 0.3) is 0 Å². The number of ether oxygens (including phenoxy) is 1. The van der Waals surface area contributed by atoms with E-state index in [1.54, 1.807) is 12.1 Å². The zero-order valence-electron chi connectivity index (χ0n) is 12.3. The Balaban J connectivity index is 2.86. The molecule has 0 aliphatic heterocycles. The number of hydrogen-bond donors (Lipinski definition) is 1. The third-order valence-electron chi connectivity index (χ3n) is 3.02. The highest BCUT2D eigenvalue weighted by molar-refractivity contribution is 9.10. The molecule has 120 valence electrons. The second kappa shape index (κ2) is 8.63. The molecule has 1 aromatic carbocycles. The lowest BCUT2D eigenvalue weighted by Crippen LogP contribution is -2.24. The van der Waals surface area contributed by atoms with E-state index in [1.807, 2.05) is 19.9 Å². The highest BCUT2D eigenvalue weighted by Crippen LogP contribution is 2.33. The van der Waals surface area contributed by atoms with Crippen LogP contribution in [0.1, 0.15) is 44.7 Å². The van der Waals surface area contributed by atoms with Crippen LogP contribution in [-0.4, -0.2) is 19.3 Å². The predicted molar refractivity (Wildman–Crippen MR) is 81.6 cm³/mol. The molecule has 0 aliphatic rings. The minimum Gasteiger partial charge on any atom is -0.494 e. The lowest BCUT2D eigenvalue weighted by molar-refractivity contribution is -0.136. The van der Waals surface area contributed by atoms with Crippen LogP contribution in [-0.2, 0) is 0 Å². The monoisotopic (exact) mass is 367 g/mol. The van der Waals surface area contributed by atoms with E-state index in [0.29, 0.717) is 18.9 Å². The Labute approximate surface area is 132 Å². The summed E-state index contributed by atoms with van der Waals surface area (Å²) in [4.78, 5) is 0. The summed E-state index contributed by atoms with van der Waals surface area (Å²) in [6.07, 6.45) is -4.04. The summed E-state index contributed by atoms with van der Waals surface area (Å²) in [5.74, 6) is 0.707. The van der Waals surface area contributed by atoms with Crippen LogP contribution < -0.4 is 10.1 Å². The molecule has 0 amide bonds. The molecule has 0 saturated carbocycles. The smallest absolute Gasteiger partial charge is 0.389 e. The van der Waals surface area contributed by atoms with Gasteiger partial charge in [0, 0.05) is 16.9 Å². The molecule has 0 spiro atoms. The summed E-state index contributed by atoms with van der Waals surface area (Å²) < 4.78 is 43.5. The van der Waals surface area contributed by atoms with Gasteiger partial charge in [0.2, 0.25) is 0 Å². The molecule has 1 N–H and O–H groups in total. The Bertz CT molecular complexity index is 437. The first-order valence-corrected chi connectivity index (χ1v) is 7.89. The normalized spacial score (nSPS) is 13.2. The van der Waals surface area contributed by atoms with Gasteiger partial charge < -0.3 is 10.1 Å². The van der Waals surface area contributed by atoms with Gasteiger partial charge in [-0.1, -0.05) is 28.9 Å². The maximum Gasteiger partial charge on any atom is 0.389 e. The van der Waals surface area contributed by atoms with E-state index in [4.69, 9.17) is 4.74 Å². The van der Waals surface area contributed by atoms with E-state index < -0.39 is 12.6 Å². The van der Waals surface area contributed by atoms with Gasteiger partial charge in [-0.2, -0.15) is 13.2 Å². The average molecular weight is 368 g/mol. The molecular weight excluding hydrogens is 347 g/mol. The van der Waals surface area contributed by atoms with E-state index in [1.165, 1.54) is 0 Å². The van der Waals surface area contributed by atoms with E-state index in [-0.39, 0.29) is 12.5 Å². The van der Waals surface area contributed by atoms with E-state index >= 15 is 0 Å². The maximum absolute atomic E-state index is 12.5. The minimum atomic E-state index is -4.14. The highest BCUT2D eigenvalue weighted by Gasteiger charge is 2.29. The number of alkyl halides is 3. The van der Waals surface area contributed by atoms with Crippen molar-refractivity contribution in [3.63, 3.8) is 0 Å². The van der Waals surface area contributed by atoms with Crippen molar-refractivity contribution in [1.29, 1.82) is 0 Å². The maximum atomic E-state index is 12.5. The van der Waals surface area contributed by atoms with Gasteiger partial charge >= 0.3 is 6.18 Å². The minimum absolute atomic E-state index is 0.0239. The van der Waals surface area contributed by atoms with Crippen molar-refractivity contribution in [3.8, 4) is 5.75 Å². The summed E-state index contributed by atoms with van der Waals surface area (Å²) >= 11 is 3.43. The van der Waals surface area contributed by atoms with E-state index in [0.717, 1.165) is 16.5 Å². The van der Waals surface area contributed by atoms with Crippen molar-refractivity contribution in [3.05, 3.63) is 28.2 Å². The molecule has 21 heavy (non-hydrogen) atoms. The molecule has 0 heterocycles. The molecule has 2 nitrogen and oxygen atoms in total. The van der Waals surface area contributed by atoms with Gasteiger partial charge in [0.15, 0.2) is 0 Å². The Kier molecular flexibility index (Phi) is 7.52. The topological polar surface area (TPSA) is 21.3 Å². The summed E-state index contributed by atoms with van der Waals surface area (Å²) in [5, 5.41) is 3.18. The second-order valence-corrected chi connectivity index (χ2v) is 5.63. The number of rotatable bonds is 8. The van der Waals surface area contributed by atoms with Gasteiger partial charge in [0.25, 0.3) is 0 Å². The molecule has 1 atom stereocenters. The lowest BCUT2D eigenvalue weighted by atomic mass is 10.0. The van der Waals surface area contributed by atoms with Gasteiger partial charge in [-0.25, -0.2) is 0 Å². The summed E-state index contributed by atoms with van der Waals surface area (Å²) in [6.45, 7) is 5.11. The van der Waals surface area contributed by atoms with E-state index in [9.17, 15) is 13.2 Å². The van der Waals surface area contributed by atoms with Crippen molar-refractivity contribution in [2.45, 2.75) is 45.3 Å². The van der Waals surface area contributed by atoms with Crippen molar-refractivity contribution in [2.24, 2.45) is 0 Å². The zero-order chi connectivity index (χ0) is 15.9. The van der Waals surface area contributed by atoms with Crippen LogP contribution >= 0.6 is 15.9 Å². The molecule has 0 bridgehead atoms. The first-order chi connectivity index (χ1) is 9.87. The van der Waals surface area contributed by atoms with Crippen LogP contribution in [0, 0.1) is 0 Å². The fourth-order valence-electron chi connectivity index (χ4n) is 2.04. The van der Waals surface area contributed by atoms with Gasteiger partial charge in [-0.3, -0.25) is 0 Å². The van der Waals surface area contributed by atoms with Crippen molar-refractivity contribution < 1.29 is 17.9 Å². The van der Waals surface area contributed by atoms with Crippen LogP contribution in [0.3, 0.4) is 0 Å². The number of halogens is 4. The predicted octanol–water partition coefficient (Wildman–Crippen LogP) is 5.23. The van der Waals surface area contributed by atoms with Gasteiger partial charge in [0.05, 0.1) is 6.61 Å². The standard InChI is InChI=1S/C15H21BrF3NO/c1-3-9-20-14(7-8-15(17,18)19)12-6-5-11(21-4-2)10-13(12)16/h5-6,10,14,20H,3-4,7-9H2,1-2H3. The van der Waals surface area contributed by atoms with Gasteiger partial charge in [-0.15, -0.1) is 0 Å². The molecular formula is C15H21BrF3NO. The van der Waals surface area contributed by atoms with Crippen molar-refractivity contribution in [2.75, 3.05) is 13.2 Å². The molecule has 0 aliphatic carbocycles. The Morgan fingerprint density at radius 2 is 2.00 bits per heavy atom. The Hall–Kier alpha value is -0.750. The fourth-order valence-corrected chi connectivity index (χ4v) is 2.68. The summed E-state index contributed by atoms with van der Waals surface area (Å²) in [5.41, 5.74) is 0.830. The third-order valence-corrected chi connectivity index (χ3v) is 3.70. The molecule has 0 radical (unpaired) electrons. The largest absolute Gasteiger partial charge is 0.494 e. The number of nitrogens with one attached hydrogen (secondary N) is 1. The average Bonchev–Trinajstić information content (AvgIpc) is 2.39. The Morgan fingerprint density at radius 1 is 1.29 bits per heavy atom. The van der Waals surface area contributed by atoms with Crippen molar-refractivity contribution >= 4 is 15.9 Å². The van der Waals surface area contributed by atoms with Crippen LogP contribution in [0.4, 0.5) is 13.2 Å². The van der Waals surface area contributed by atoms with E-state index in [2.05, 4.69) is 21.2 Å². The van der Waals surface area contributed by atoms with Crippen LogP contribution in [0.5, 0.6) is 5.75 Å². The SMILES string of the molecule is CCCNC(CCC(F)(F)F)c1ccc(OCC)cc1Br. The molecule has 0 saturated heterocycles. The molecule has 1 aromatic rings. The number of hydrogen-bond acceptors (Lipinski definition) is 2. The molecule has 6 heteroatoms. The summed E-state index contributed by atoms with van der Waals surface area (Å²) in [6, 6.07) is 5.08. The third kappa shape index (κ3) is 6.70. The molecule has 0 aromatic heterocycles. The Morgan fingerprint density at radius 3 is 2.52 bits per heavy atom. The molecule has 1 unspecified atom stereocenters. The summed E-state index contributed by atoms with van der Waals surface area (Å²) in [7, 11) is 0. The first-order valence-electron chi connectivity index (χ1n) is 7.09. The van der Waals surface area contributed by atoms with Crippen LogP contribution in [0.2, 0.25) is 0 Å². The van der Waals surface area contributed by atoms with Gasteiger partial charge in [0.1, 0.15) is 5.75 Å². The second-order valence-electron chi connectivity index (χ2n) is 4.78. The lowest BCUT2D eigenvalue weighted by Gasteiger charge is -2.21. The number of benzene rings is 1. The first kappa shape index (κ1) is 18.3. The van der Waals surface area contributed by atoms with Crippen molar-refractivity contribution in [1.82, 2.24) is 5.32 Å². The van der Waals surface area contributed by atoms with Gasteiger partial charge in [-0.05, 0) is 44.0 Å². The zero-order valence-corrected chi connectivity index (χ0v) is 13.9.